The van der Waals surface area contributed by atoms with Crippen LogP contribution < -0.4 is 11.1 Å². The minimum Gasteiger partial charge on any atom is -0.379 e. The Labute approximate surface area is 175 Å². The van der Waals surface area contributed by atoms with Crippen LogP contribution >= 0.6 is 39.5 Å². The first-order valence-corrected chi connectivity index (χ1v) is 11.2. The molecule has 8 heteroatoms. The molecule has 2 rings (SSSR count). The molecule has 27 heavy (non-hydrogen) atoms. The first-order chi connectivity index (χ1) is 12.8. The van der Waals surface area contributed by atoms with Gasteiger partial charge in [-0.1, -0.05) is 39.8 Å². The molecule has 1 aromatic carbocycles. The quantitative estimate of drug-likeness (QED) is 0.446. The lowest BCUT2D eigenvalue weighted by Gasteiger charge is -2.30. The zero-order chi connectivity index (χ0) is 19.9. The molecule has 1 aliphatic rings. The minimum atomic E-state index is -0.728. The van der Waals surface area contributed by atoms with Crippen molar-refractivity contribution in [1.29, 1.82) is 0 Å². The van der Waals surface area contributed by atoms with Gasteiger partial charge in [-0.15, -0.1) is 11.8 Å². The third-order valence-electron chi connectivity index (χ3n) is 3.85. The van der Waals surface area contributed by atoms with Crippen LogP contribution in [0.2, 0.25) is 0 Å². The summed E-state index contributed by atoms with van der Waals surface area (Å²) < 4.78 is 15.3. The van der Waals surface area contributed by atoms with Gasteiger partial charge in [0.05, 0.1) is 5.54 Å². The van der Waals surface area contributed by atoms with Gasteiger partial charge in [-0.25, -0.2) is 4.39 Å². The molecule has 4 nitrogen and oxygen atoms in total. The first-order valence-electron chi connectivity index (χ1n) is 8.16. The van der Waals surface area contributed by atoms with Gasteiger partial charge in [0.25, 0.3) is 0 Å². The zero-order valence-electron chi connectivity index (χ0n) is 15.0. The summed E-state index contributed by atoms with van der Waals surface area (Å²) in [4.78, 5) is 16.5. The van der Waals surface area contributed by atoms with E-state index >= 15 is 0 Å². The van der Waals surface area contributed by atoms with Crippen molar-refractivity contribution < 1.29 is 9.18 Å². The predicted octanol–water partition coefficient (Wildman–Crippen LogP) is 5.14. The van der Waals surface area contributed by atoms with Crippen LogP contribution in [0.25, 0.3) is 0 Å². The molecule has 1 unspecified atom stereocenters. The van der Waals surface area contributed by atoms with Gasteiger partial charge in [-0.2, -0.15) is 0 Å². The average Bonchev–Trinajstić information content (AvgIpc) is 2.60. The summed E-state index contributed by atoms with van der Waals surface area (Å²) in [5.74, 6) is 0.120. The molecule has 1 aliphatic heterocycles. The molecule has 1 atom stereocenters. The Morgan fingerprint density at radius 3 is 2.89 bits per heavy atom. The fourth-order valence-electron chi connectivity index (χ4n) is 2.52. The van der Waals surface area contributed by atoms with Gasteiger partial charge in [-0.3, -0.25) is 9.79 Å². The number of benzene rings is 1. The van der Waals surface area contributed by atoms with Crippen molar-refractivity contribution in [1.82, 2.24) is 0 Å². The highest BCUT2D eigenvalue weighted by Gasteiger charge is 2.32. The van der Waals surface area contributed by atoms with Crippen molar-refractivity contribution in [2.75, 3.05) is 17.3 Å². The van der Waals surface area contributed by atoms with Crippen LogP contribution in [-0.2, 0) is 10.3 Å². The Morgan fingerprint density at radius 1 is 1.44 bits per heavy atom. The van der Waals surface area contributed by atoms with Gasteiger partial charge < -0.3 is 11.1 Å². The number of aliphatic imine (C=N–C) groups is 1. The Balaban J connectivity index is 2.11. The maximum Gasteiger partial charge on any atom is 0.248 e. The number of hydrogen-bond donors (Lipinski definition) is 2. The van der Waals surface area contributed by atoms with Gasteiger partial charge in [0.15, 0.2) is 5.17 Å². The molecule has 0 radical (unpaired) electrons. The lowest BCUT2D eigenvalue weighted by Crippen LogP contribution is -2.29. The Kier molecular flexibility index (Phi) is 8.19. The van der Waals surface area contributed by atoms with E-state index in [9.17, 15) is 9.18 Å². The van der Waals surface area contributed by atoms with Crippen LogP contribution in [-0.4, -0.2) is 23.1 Å². The molecule has 144 valence electrons. The second kappa shape index (κ2) is 10.1. The standard InChI is InChI=1S/C19H21BrFN3OS2/c1-19(9-10-27-18(22)24-19)15-11-14(7-8-16(15)21)23-17(25)6-4-3-5-13(20)12-26-2/h3-8,11-12H,9-10H2,1-2H3,(H2,22,24)(H,23,25)/b5-3+,6-4+,13-12+. The van der Waals surface area contributed by atoms with E-state index in [4.69, 9.17) is 5.73 Å². The first kappa shape index (κ1) is 21.8. The number of nitrogens with two attached hydrogens (primary N) is 1. The number of nitrogens with zero attached hydrogens (tertiary/aromatic N) is 1. The largest absolute Gasteiger partial charge is 0.379 e. The molecular weight excluding hydrogens is 449 g/mol. The fourth-order valence-corrected chi connectivity index (χ4v) is 4.51. The number of amides is 1. The maximum atomic E-state index is 14.4. The number of amidine groups is 1. The molecule has 0 fully saturated rings. The van der Waals surface area contributed by atoms with E-state index in [0.717, 1.165) is 10.2 Å². The second-order valence-corrected chi connectivity index (χ2v) is 8.70. The highest BCUT2D eigenvalue weighted by atomic mass is 79.9. The highest BCUT2D eigenvalue weighted by Crippen LogP contribution is 2.37. The van der Waals surface area contributed by atoms with E-state index in [1.165, 1.54) is 30.0 Å². The number of anilines is 1. The van der Waals surface area contributed by atoms with Crippen LogP contribution in [0, 0.1) is 5.82 Å². The van der Waals surface area contributed by atoms with E-state index in [2.05, 4.69) is 26.2 Å². The summed E-state index contributed by atoms with van der Waals surface area (Å²) in [6.07, 6.45) is 9.27. The Hall–Kier alpha value is -1.51. The van der Waals surface area contributed by atoms with Crippen molar-refractivity contribution in [2.45, 2.75) is 18.9 Å². The molecule has 3 N–H and O–H groups in total. The van der Waals surface area contributed by atoms with Crippen LogP contribution in [0.15, 0.2) is 57.4 Å². The molecule has 0 saturated heterocycles. The van der Waals surface area contributed by atoms with Gasteiger partial charge in [0, 0.05) is 27.6 Å². The highest BCUT2D eigenvalue weighted by molar-refractivity contribution is 9.12. The monoisotopic (exact) mass is 469 g/mol. The molecule has 1 heterocycles. The summed E-state index contributed by atoms with van der Waals surface area (Å²) in [5.41, 5.74) is 6.04. The zero-order valence-corrected chi connectivity index (χ0v) is 18.3. The lowest BCUT2D eigenvalue weighted by atomic mass is 9.89. The summed E-state index contributed by atoms with van der Waals surface area (Å²) >= 11 is 6.42. The van der Waals surface area contributed by atoms with Crippen molar-refractivity contribution in [2.24, 2.45) is 10.7 Å². The summed E-state index contributed by atoms with van der Waals surface area (Å²) in [5, 5.41) is 5.14. The average molecular weight is 470 g/mol. The molecule has 0 aliphatic carbocycles. The number of carbonyl (C=O) groups excluding carboxylic acids is 1. The molecule has 1 aromatic rings. The van der Waals surface area contributed by atoms with Crippen LogP contribution in [0.5, 0.6) is 0 Å². The van der Waals surface area contributed by atoms with Gasteiger partial charge >= 0.3 is 0 Å². The Morgan fingerprint density at radius 2 is 2.19 bits per heavy atom. The lowest BCUT2D eigenvalue weighted by molar-refractivity contribution is -0.111. The number of hydrogen-bond acceptors (Lipinski definition) is 5. The van der Waals surface area contributed by atoms with Crippen molar-refractivity contribution in [3.63, 3.8) is 0 Å². The summed E-state index contributed by atoms with van der Waals surface area (Å²) in [6, 6.07) is 4.51. The maximum absolute atomic E-state index is 14.4. The molecule has 0 aromatic heterocycles. The summed E-state index contributed by atoms with van der Waals surface area (Å²) in [6.45, 7) is 1.86. The van der Waals surface area contributed by atoms with Gasteiger partial charge in [0.1, 0.15) is 5.82 Å². The number of nitrogens with one attached hydrogen (secondary N) is 1. The van der Waals surface area contributed by atoms with Crippen molar-refractivity contribution in [3.8, 4) is 0 Å². The number of carbonyl (C=O) groups is 1. The molecular formula is C19H21BrFN3OS2. The van der Waals surface area contributed by atoms with Crippen molar-refractivity contribution >= 4 is 56.2 Å². The van der Waals surface area contributed by atoms with E-state index < -0.39 is 5.54 Å². The predicted molar refractivity (Wildman–Crippen MR) is 120 cm³/mol. The number of allylic oxidation sites excluding steroid dienone is 4. The van der Waals surface area contributed by atoms with Gasteiger partial charge in [-0.05, 0) is 49.3 Å². The third kappa shape index (κ3) is 6.55. The SMILES string of the molecule is CS\C=C(Br)/C=C/C=C/C(=O)Nc1ccc(F)c(C2(C)CCSC(N)=N2)c1. The van der Waals surface area contributed by atoms with E-state index in [-0.39, 0.29) is 11.7 Å². The van der Waals surface area contributed by atoms with E-state index in [0.29, 0.717) is 22.8 Å². The minimum absolute atomic E-state index is 0.297. The van der Waals surface area contributed by atoms with Crippen LogP contribution in [0.1, 0.15) is 18.9 Å². The fraction of sp³-hybridized carbons (Fsp3) is 0.263. The molecule has 1 amide bonds. The van der Waals surface area contributed by atoms with Crippen LogP contribution in [0.3, 0.4) is 0 Å². The molecule has 0 spiro atoms. The Bertz CT molecular complexity index is 823. The van der Waals surface area contributed by atoms with E-state index in [1.807, 2.05) is 24.7 Å². The topological polar surface area (TPSA) is 67.5 Å². The summed E-state index contributed by atoms with van der Waals surface area (Å²) in [7, 11) is 0. The van der Waals surface area contributed by atoms with Crippen molar-refractivity contribution in [3.05, 3.63) is 63.8 Å². The van der Waals surface area contributed by atoms with Crippen LogP contribution in [0.4, 0.5) is 10.1 Å². The smallest absolute Gasteiger partial charge is 0.248 e. The molecule has 0 saturated carbocycles. The third-order valence-corrected chi connectivity index (χ3v) is 5.94. The second-order valence-electron chi connectivity index (χ2n) is 5.96. The van der Waals surface area contributed by atoms with Gasteiger partial charge in [0.2, 0.25) is 5.91 Å². The normalized spacial score (nSPS) is 20.9. The number of thioether (sulfide) groups is 2. The van der Waals surface area contributed by atoms with E-state index in [1.54, 1.807) is 30.0 Å². The number of halogens is 2. The number of rotatable bonds is 6. The molecule has 0 bridgehead atoms.